The lowest BCUT2D eigenvalue weighted by Crippen LogP contribution is -2.37. The van der Waals surface area contributed by atoms with Crippen LogP contribution in [-0.2, 0) is 13.5 Å². The third-order valence-electron chi connectivity index (χ3n) is 2.72. The quantitative estimate of drug-likeness (QED) is 0.793. The molecule has 0 aliphatic heterocycles. The molecule has 1 aromatic rings. The highest BCUT2D eigenvalue weighted by Gasteiger charge is 2.20. The van der Waals surface area contributed by atoms with Gasteiger partial charge in [0.25, 0.3) is 5.91 Å². The van der Waals surface area contributed by atoms with Gasteiger partial charge in [0.2, 0.25) is 0 Å². The van der Waals surface area contributed by atoms with Crippen LogP contribution in [0, 0.1) is 0 Å². The lowest BCUT2D eigenvalue weighted by molar-refractivity contribution is 0.0747. The fraction of sp³-hybridized carbons (Fsp3) is 0.636. The topological polar surface area (TPSA) is 38.1 Å². The second-order valence-electron chi connectivity index (χ2n) is 3.92. The molecule has 0 aliphatic carbocycles. The van der Waals surface area contributed by atoms with Crippen LogP contribution in [0.25, 0.3) is 0 Å². The van der Waals surface area contributed by atoms with E-state index < -0.39 is 0 Å². The SMILES string of the molecule is CCc1cc(C(=O)N(C)C(C)CBr)n(C)n1. The molecule has 1 unspecified atom stereocenters. The highest BCUT2D eigenvalue weighted by atomic mass is 79.9. The fourth-order valence-electron chi connectivity index (χ4n) is 1.38. The molecule has 0 radical (unpaired) electrons. The van der Waals surface area contributed by atoms with Crippen LogP contribution in [-0.4, -0.2) is 39.0 Å². The molecule has 0 N–H and O–H groups in total. The Kier molecular flexibility index (Phi) is 4.53. The number of hydrogen-bond donors (Lipinski definition) is 0. The van der Waals surface area contributed by atoms with Crippen molar-refractivity contribution in [3.05, 3.63) is 17.5 Å². The maximum absolute atomic E-state index is 12.1. The van der Waals surface area contributed by atoms with E-state index in [1.807, 2.05) is 27.0 Å². The first-order chi connectivity index (χ1) is 7.51. The minimum Gasteiger partial charge on any atom is -0.337 e. The number of carbonyl (C=O) groups excluding carboxylic acids is 1. The summed E-state index contributed by atoms with van der Waals surface area (Å²) in [7, 11) is 3.62. The molecule has 5 heteroatoms. The molecule has 0 bridgehead atoms. The maximum atomic E-state index is 12.1. The third-order valence-corrected chi connectivity index (χ3v) is 3.65. The summed E-state index contributed by atoms with van der Waals surface area (Å²) in [6.07, 6.45) is 0.846. The van der Waals surface area contributed by atoms with E-state index in [2.05, 4.69) is 21.0 Å². The third kappa shape index (κ3) is 2.64. The monoisotopic (exact) mass is 287 g/mol. The summed E-state index contributed by atoms with van der Waals surface area (Å²) in [5.41, 5.74) is 1.60. The van der Waals surface area contributed by atoms with Crippen LogP contribution in [0.4, 0.5) is 0 Å². The molecule has 1 atom stereocenters. The molecule has 0 aliphatic rings. The lowest BCUT2D eigenvalue weighted by atomic mass is 10.2. The van der Waals surface area contributed by atoms with E-state index in [1.165, 1.54) is 0 Å². The highest BCUT2D eigenvalue weighted by molar-refractivity contribution is 9.09. The van der Waals surface area contributed by atoms with Gasteiger partial charge in [0, 0.05) is 25.5 Å². The van der Waals surface area contributed by atoms with Gasteiger partial charge in [-0.3, -0.25) is 9.48 Å². The second kappa shape index (κ2) is 5.48. The molecule has 0 saturated carbocycles. The van der Waals surface area contributed by atoms with Crippen molar-refractivity contribution in [2.75, 3.05) is 12.4 Å². The Balaban J connectivity index is 2.91. The number of nitrogens with zero attached hydrogens (tertiary/aromatic N) is 3. The Hall–Kier alpha value is -0.840. The van der Waals surface area contributed by atoms with Gasteiger partial charge in [-0.05, 0) is 19.4 Å². The van der Waals surface area contributed by atoms with Gasteiger partial charge in [0.05, 0.1) is 5.69 Å². The number of aromatic nitrogens is 2. The standard InChI is InChI=1S/C11H18BrN3O/c1-5-9-6-10(15(4)13-9)11(16)14(3)8(2)7-12/h6,8H,5,7H2,1-4H3. The summed E-state index contributed by atoms with van der Waals surface area (Å²) in [5, 5.41) is 5.05. The molecular weight excluding hydrogens is 270 g/mol. The summed E-state index contributed by atoms with van der Waals surface area (Å²) >= 11 is 3.38. The van der Waals surface area contributed by atoms with Crippen molar-refractivity contribution in [1.82, 2.24) is 14.7 Å². The number of hydrogen-bond acceptors (Lipinski definition) is 2. The van der Waals surface area contributed by atoms with Gasteiger partial charge in [-0.1, -0.05) is 22.9 Å². The predicted molar refractivity (Wildman–Crippen MR) is 67.9 cm³/mol. The van der Waals surface area contributed by atoms with E-state index in [4.69, 9.17) is 0 Å². The molecule has 90 valence electrons. The molecule has 1 rings (SSSR count). The van der Waals surface area contributed by atoms with Crippen molar-refractivity contribution in [2.24, 2.45) is 7.05 Å². The minimum absolute atomic E-state index is 0.0154. The van der Waals surface area contributed by atoms with Crippen molar-refractivity contribution >= 4 is 21.8 Å². The summed E-state index contributed by atoms with van der Waals surface area (Å²) in [6, 6.07) is 2.03. The number of halogens is 1. The van der Waals surface area contributed by atoms with E-state index in [0.29, 0.717) is 5.69 Å². The fourth-order valence-corrected chi connectivity index (χ4v) is 1.82. The first-order valence-corrected chi connectivity index (χ1v) is 6.49. The first kappa shape index (κ1) is 13.2. The van der Waals surface area contributed by atoms with Crippen molar-refractivity contribution in [3.63, 3.8) is 0 Å². The first-order valence-electron chi connectivity index (χ1n) is 5.37. The molecular formula is C11H18BrN3O. The zero-order chi connectivity index (χ0) is 12.3. The van der Waals surface area contributed by atoms with Crippen LogP contribution < -0.4 is 0 Å². The van der Waals surface area contributed by atoms with Crippen LogP contribution in [0.2, 0.25) is 0 Å². The zero-order valence-electron chi connectivity index (χ0n) is 10.2. The number of alkyl halides is 1. The molecule has 4 nitrogen and oxygen atoms in total. The molecule has 0 fully saturated rings. The zero-order valence-corrected chi connectivity index (χ0v) is 11.8. The van der Waals surface area contributed by atoms with Gasteiger partial charge in [0.15, 0.2) is 0 Å². The highest BCUT2D eigenvalue weighted by Crippen LogP contribution is 2.10. The van der Waals surface area contributed by atoms with Gasteiger partial charge in [0.1, 0.15) is 5.69 Å². The number of rotatable bonds is 4. The van der Waals surface area contributed by atoms with E-state index >= 15 is 0 Å². The van der Waals surface area contributed by atoms with E-state index in [9.17, 15) is 4.79 Å². The van der Waals surface area contributed by atoms with Crippen LogP contribution in [0.3, 0.4) is 0 Å². The Morgan fingerprint density at radius 2 is 2.31 bits per heavy atom. The molecule has 1 amide bonds. The number of carbonyl (C=O) groups is 1. The Morgan fingerprint density at radius 3 is 2.75 bits per heavy atom. The average Bonchev–Trinajstić information content (AvgIpc) is 2.67. The lowest BCUT2D eigenvalue weighted by Gasteiger charge is -2.22. The van der Waals surface area contributed by atoms with E-state index in [1.54, 1.807) is 16.6 Å². The summed E-state index contributed by atoms with van der Waals surface area (Å²) in [4.78, 5) is 13.9. The summed E-state index contributed by atoms with van der Waals surface area (Å²) in [6.45, 7) is 4.03. The van der Waals surface area contributed by atoms with Crippen LogP contribution >= 0.6 is 15.9 Å². The molecule has 0 saturated heterocycles. The van der Waals surface area contributed by atoms with Gasteiger partial charge < -0.3 is 4.90 Å². The van der Waals surface area contributed by atoms with Crippen molar-refractivity contribution in [3.8, 4) is 0 Å². The molecule has 16 heavy (non-hydrogen) atoms. The van der Waals surface area contributed by atoms with Crippen LogP contribution in [0.15, 0.2) is 6.07 Å². The molecule has 0 aromatic carbocycles. The Morgan fingerprint density at radius 1 is 1.69 bits per heavy atom. The van der Waals surface area contributed by atoms with Crippen molar-refractivity contribution in [1.29, 1.82) is 0 Å². The number of aryl methyl sites for hydroxylation is 2. The average molecular weight is 288 g/mol. The Labute approximate surface area is 105 Å². The molecule has 0 spiro atoms. The smallest absolute Gasteiger partial charge is 0.272 e. The Bertz CT molecular complexity index is 375. The summed E-state index contributed by atoms with van der Waals surface area (Å²) < 4.78 is 1.65. The van der Waals surface area contributed by atoms with Crippen LogP contribution in [0.5, 0.6) is 0 Å². The van der Waals surface area contributed by atoms with Crippen molar-refractivity contribution in [2.45, 2.75) is 26.3 Å². The minimum atomic E-state index is 0.0154. The van der Waals surface area contributed by atoms with Crippen LogP contribution in [0.1, 0.15) is 30.0 Å². The van der Waals surface area contributed by atoms with Gasteiger partial charge >= 0.3 is 0 Å². The second-order valence-corrected chi connectivity index (χ2v) is 4.56. The molecule has 1 heterocycles. The van der Waals surface area contributed by atoms with Crippen molar-refractivity contribution < 1.29 is 4.79 Å². The van der Waals surface area contributed by atoms with E-state index in [0.717, 1.165) is 17.4 Å². The molecule has 1 aromatic heterocycles. The maximum Gasteiger partial charge on any atom is 0.272 e. The van der Waals surface area contributed by atoms with Gasteiger partial charge in [-0.25, -0.2) is 0 Å². The summed E-state index contributed by atoms with van der Waals surface area (Å²) in [5.74, 6) is 0.0154. The predicted octanol–water partition coefficient (Wildman–Crippen LogP) is 1.84. The largest absolute Gasteiger partial charge is 0.337 e. The van der Waals surface area contributed by atoms with Gasteiger partial charge in [-0.15, -0.1) is 0 Å². The number of amides is 1. The van der Waals surface area contributed by atoms with Gasteiger partial charge in [-0.2, -0.15) is 5.10 Å². The van der Waals surface area contributed by atoms with E-state index in [-0.39, 0.29) is 11.9 Å². The normalized spacial score (nSPS) is 12.6.